The third kappa shape index (κ3) is 4.19. The molecule has 0 radical (unpaired) electrons. The summed E-state index contributed by atoms with van der Waals surface area (Å²) < 4.78 is 11.9. The molecule has 0 amide bonds. The highest BCUT2D eigenvalue weighted by molar-refractivity contribution is 6.30. The lowest BCUT2D eigenvalue weighted by atomic mass is 9.85. The third-order valence-corrected chi connectivity index (χ3v) is 3.86. The molecule has 3 atom stereocenters. The van der Waals surface area contributed by atoms with E-state index < -0.39 is 0 Å². The van der Waals surface area contributed by atoms with Gasteiger partial charge in [0.15, 0.2) is 0 Å². The van der Waals surface area contributed by atoms with Crippen molar-refractivity contribution < 1.29 is 9.47 Å². The van der Waals surface area contributed by atoms with E-state index in [1.54, 1.807) is 0 Å². The second kappa shape index (κ2) is 7.99. The predicted octanol–water partition coefficient (Wildman–Crippen LogP) is 3.40. The van der Waals surface area contributed by atoms with Crippen LogP contribution in [0.4, 0.5) is 0 Å². The Labute approximate surface area is 126 Å². The van der Waals surface area contributed by atoms with E-state index in [0.29, 0.717) is 12.6 Å². The van der Waals surface area contributed by atoms with Crippen LogP contribution >= 0.6 is 11.6 Å². The van der Waals surface area contributed by atoms with E-state index >= 15 is 0 Å². The van der Waals surface area contributed by atoms with E-state index in [1.165, 1.54) is 0 Å². The maximum atomic E-state index is 5.98. The van der Waals surface area contributed by atoms with Gasteiger partial charge in [-0.05, 0) is 37.1 Å². The monoisotopic (exact) mass is 297 g/mol. The third-order valence-electron chi connectivity index (χ3n) is 3.61. The lowest BCUT2D eigenvalue weighted by Crippen LogP contribution is -2.60. The van der Waals surface area contributed by atoms with E-state index in [4.69, 9.17) is 21.1 Å². The van der Waals surface area contributed by atoms with Crippen LogP contribution in [0.5, 0.6) is 0 Å². The van der Waals surface area contributed by atoms with E-state index in [9.17, 15) is 0 Å². The Hall–Kier alpha value is -0.610. The summed E-state index contributed by atoms with van der Waals surface area (Å²) in [4.78, 5) is 0. The average molecular weight is 298 g/mol. The van der Waals surface area contributed by atoms with Crippen LogP contribution in [0.25, 0.3) is 0 Å². The lowest BCUT2D eigenvalue weighted by Gasteiger charge is -2.44. The first kappa shape index (κ1) is 15.8. The molecule has 0 aromatic heterocycles. The summed E-state index contributed by atoms with van der Waals surface area (Å²) in [5.74, 6) is 0. The number of halogens is 1. The first-order chi connectivity index (χ1) is 9.74. The molecule has 4 heteroatoms. The Morgan fingerprint density at radius 3 is 2.60 bits per heavy atom. The molecule has 3 unspecified atom stereocenters. The molecule has 20 heavy (non-hydrogen) atoms. The van der Waals surface area contributed by atoms with Crippen LogP contribution in [0.15, 0.2) is 24.3 Å². The lowest BCUT2D eigenvalue weighted by molar-refractivity contribution is -0.151. The minimum Gasteiger partial charge on any atom is -0.374 e. The van der Waals surface area contributed by atoms with Crippen molar-refractivity contribution in [2.45, 2.75) is 51.5 Å². The van der Waals surface area contributed by atoms with Gasteiger partial charge in [-0.1, -0.05) is 37.6 Å². The fraction of sp³-hybridized carbons (Fsp3) is 0.625. The first-order valence-electron chi connectivity index (χ1n) is 7.45. The van der Waals surface area contributed by atoms with Gasteiger partial charge in [-0.15, -0.1) is 0 Å². The molecule has 0 saturated heterocycles. The molecule has 112 valence electrons. The summed E-state index contributed by atoms with van der Waals surface area (Å²) in [7, 11) is 0. The molecule has 3 nitrogen and oxygen atoms in total. The number of likely N-dealkylation sites (N-methyl/N-ethyl adjacent to an activating group) is 1. The SMILES string of the molecule is CCCOC1C(NCC)CC1OCc1ccc(Cl)cc1. The highest BCUT2D eigenvalue weighted by Gasteiger charge is 2.42. The summed E-state index contributed by atoms with van der Waals surface area (Å²) in [6.07, 6.45) is 2.44. The topological polar surface area (TPSA) is 30.5 Å². The molecule has 0 heterocycles. The minimum absolute atomic E-state index is 0.183. The normalized spacial score (nSPS) is 25.4. The van der Waals surface area contributed by atoms with Crippen molar-refractivity contribution in [2.75, 3.05) is 13.2 Å². The molecule has 1 aromatic rings. The molecule has 1 aliphatic rings. The van der Waals surface area contributed by atoms with Crippen molar-refractivity contribution in [1.82, 2.24) is 5.32 Å². The van der Waals surface area contributed by atoms with E-state index in [1.807, 2.05) is 24.3 Å². The van der Waals surface area contributed by atoms with E-state index in [-0.39, 0.29) is 12.2 Å². The van der Waals surface area contributed by atoms with Crippen molar-refractivity contribution in [3.8, 4) is 0 Å². The van der Waals surface area contributed by atoms with Gasteiger partial charge < -0.3 is 14.8 Å². The molecule has 1 N–H and O–H groups in total. The van der Waals surface area contributed by atoms with Crippen molar-refractivity contribution in [3.05, 3.63) is 34.9 Å². The van der Waals surface area contributed by atoms with Crippen molar-refractivity contribution in [2.24, 2.45) is 0 Å². The van der Waals surface area contributed by atoms with Crippen molar-refractivity contribution in [1.29, 1.82) is 0 Å². The van der Waals surface area contributed by atoms with Crippen molar-refractivity contribution in [3.63, 3.8) is 0 Å². The number of hydrogen-bond acceptors (Lipinski definition) is 3. The molecule has 1 fully saturated rings. The van der Waals surface area contributed by atoms with Gasteiger partial charge in [0.2, 0.25) is 0 Å². The Bertz CT molecular complexity index is 396. The fourth-order valence-corrected chi connectivity index (χ4v) is 2.59. The van der Waals surface area contributed by atoms with Gasteiger partial charge in [-0.3, -0.25) is 0 Å². The summed E-state index contributed by atoms with van der Waals surface area (Å²) in [6.45, 7) is 6.64. The molecule has 1 aliphatic carbocycles. The Morgan fingerprint density at radius 2 is 1.95 bits per heavy atom. The number of benzene rings is 1. The molecular weight excluding hydrogens is 274 g/mol. The zero-order valence-electron chi connectivity index (χ0n) is 12.3. The Kier molecular flexibility index (Phi) is 6.30. The molecule has 0 bridgehead atoms. The minimum atomic E-state index is 0.183. The van der Waals surface area contributed by atoms with Crippen LogP contribution in [0, 0.1) is 0 Å². The first-order valence-corrected chi connectivity index (χ1v) is 7.83. The zero-order valence-corrected chi connectivity index (χ0v) is 13.0. The standard InChI is InChI=1S/C16H24ClNO2/c1-3-9-19-16-14(18-4-2)10-15(16)20-11-12-5-7-13(17)8-6-12/h5-8,14-16,18H,3-4,9-11H2,1-2H3. The van der Waals surface area contributed by atoms with Crippen LogP contribution in [-0.2, 0) is 16.1 Å². The zero-order chi connectivity index (χ0) is 14.4. The smallest absolute Gasteiger partial charge is 0.0990 e. The maximum absolute atomic E-state index is 5.98. The Morgan fingerprint density at radius 1 is 1.20 bits per heavy atom. The molecular formula is C16H24ClNO2. The highest BCUT2D eigenvalue weighted by Crippen LogP contribution is 2.28. The Balaban J connectivity index is 1.80. The quantitative estimate of drug-likeness (QED) is 0.798. The van der Waals surface area contributed by atoms with Gasteiger partial charge in [-0.2, -0.15) is 0 Å². The van der Waals surface area contributed by atoms with Gasteiger partial charge in [0.05, 0.1) is 18.8 Å². The predicted molar refractivity (Wildman–Crippen MR) is 82.1 cm³/mol. The van der Waals surface area contributed by atoms with E-state index in [0.717, 1.165) is 36.6 Å². The molecule has 2 rings (SSSR count). The van der Waals surface area contributed by atoms with Gasteiger partial charge in [0.25, 0.3) is 0 Å². The number of rotatable bonds is 8. The van der Waals surface area contributed by atoms with Crippen LogP contribution in [0.1, 0.15) is 32.3 Å². The molecule has 1 aromatic carbocycles. The largest absolute Gasteiger partial charge is 0.374 e. The maximum Gasteiger partial charge on any atom is 0.0990 e. The summed E-state index contributed by atoms with van der Waals surface area (Å²) in [6, 6.07) is 8.23. The van der Waals surface area contributed by atoms with Gasteiger partial charge in [-0.25, -0.2) is 0 Å². The fourth-order valence-electron chi connectivity index (χ4n) is 2.47. The second-order valence-electron chi connectivity index (χ2n) is 5.21. The average Bonchev–Trinajstić information content (AvgIpc) is 2.44. The number of nitrogens with one attached hydrogen (secondary N) is 1. The van der Waals surface area contributed by atoms with Crippen LogP contribution in [-0.4, -0.2) is 31.4 Å². The summed E-state index contributed by atoms with van der Waals surface area (Å²) in [5.41, 5.74) is 1.15. The van der Waals surface area contributed by atoms with E-state index in [2.05, 4.69) is 19.2 Å². The van der Waals surface area contributed by atoms with Gasteiger partial charge in [0.1, 0.15) is 0 Å². The van der Waals surface area contributed by atoms with Crippen LogP contribution in [0.2, 0.25) is 5.02 Å². The van der Waals surface area contributed by atoms with Crippen molar-refractivity contribution >= 4 is 11.6 Å². The highest BCUT2D eigenvalue weighted by atomic mass is 35.5. The molecule has 0 spiro atoms. The summed E-state index contributed by atoms with van der Waals surface area (Å²) in [5, 5.41) is 4.21. The number of hydrogen-bond donors (Lipinski definition) is 1. The molecule has 1 saturated carbocycles. The van der Waals surface area contributed by atoms with Gasteiger partial charge in [0, 0.05) is 17.7 Å². The van der Waals surface area contributed by atoms with Gasteiger partial charge >= 0.3 is 0 Å². The number of ether oxygens (including phenoxy) is 2. The molecule has 0 aliphatic heterocycles. The summed E-state index contributed by atoms with van der Waals surface area (Å²) >= 11 is 5.88. The van der Waals surface area contributed by atoms with Crippen LogP contribution in [0.3, 0.4) is 0 Å². The second-order valence-corrected chi connectivity index (χ2v) is 5.65. The van der Waals surface area contributed by atoms with Crippen LogP contribution < -0.4 is 5.32 Å².